The lowest BCUT2D eigenvalue weighted by molar-refractivity contribution is 0.225. The van der Waals surface area contributed by atoms with Crippen molar-refractivity contribution in [3.63, 3.8) is 0 Å². The van der Waals surface area contributed by atoms with Gasteiger partial charge in [-0.1, -0.05) is 12.1 Å². The first-order valence-electron chi connectivity index (χ1n) is 9.24. The molecule has 2 amide bonds. The number of likely N-dealkylation sites (N-methyl/N-ethyl adjacent to an activating group) is 1. The third-order valence-electron chi connectivity index (χ3n) is 5.43. The molecule has 1 saturated heterocycles. The number of hydrogen-bond donors (Lipinski definition) is 1. The molecule has 1 atom stereocenters. The summed E-state index contributed by atoms with van der Waals surface area (Å²) in [6, 6.07) is 6.44. The van der Waals surface area contributed by atoms with Crippen LogP contribution in [0.15, 0.2) is 30.5 Å². The van der Waals surface area contributed by atoms with Gasteiger partial charge in [0.15, 0.2) is 0 Å². The summed E-state index contributed by atoms with van der Waals surface area (Å²) in [6.07, 6.45) is 3.61. The second kappa shape index (κ2) is 6.81. The Kier molecular flexibility index (Phi) is 4.47. The van der Waals surface area contributed by atoms with Gasteiger partial charge in [0.05, 0.1) is 24.0 Å². The van der Waals surface area contributed by atoms with E-state index in [9.17, 15) is 9.18 Å². The number of likely N-dealkylation sites (tertiary alicyclic amines) is 1. The van der Waals surface area contributed by atoms with Gasteiger partial charge in [-0.05, 0) is 45.0 Å². The van der Waals surface area contributed by atoms with E-state index in [1.54, 1.807) is 23.2 Å². The first-order chi connectivity index (χ1) is 13.0. The van der Waals surface area contributed by atoms with E-state index in [1.807, 2.05) is 13.0 Å². The average molecular weight is 369 g/mol. The number of urea groups is 1. The minimum absolute atomic E-state index is 0.0201. The quantitative estimate of drug-likeness (QED) is 0.883. The van der Waals surface area contributed by atoms with Gasteiger partial charge < -0.3 is 10.6 Å². The maximum atomic E-state index is 14.6. The molecule has 0 aliphatic carbocycles. The van der Waals surface area contributed by atoms with Crippen LogP contribution in [0, 0.1) is 12.7 Å². The number of amides is 2. The number of pyridine rings is 1. The van der Waals surface area contributed by atoms with Gasteiger partial charge in [0, 0.05) is 24.4 Å². The number of carbonyl (C=O) groups is 1. The molecule has 1 aromatic heterocycles. The largest absolute Gasteiger partial charge is 0.384 e. The Bertz CT molecular complexity index is 866. The Balaban J connectivity index is 1.81. The van der Waals surface area contributed by atoms with E-state index in [0.29, 0.717) is 11.5 Å². The number of piperidine rings is 1. The molecule has 0 bridgehead atoms. The van der Waals surface area contributed by atoms with Gasteiger partial charge in [0.25, 0.3) is 0 Å². The van der Waals surface area contributed by atoms with Crippen LogP contribution in [0.25, 0.3) is 0 Å². The number of rotatable bonds is 2. The van der Waals surface area contributed by atoms with Crippen molar-refractivity contribution in [2.24, 2.45) is 0 Å². The van der Waals surface area contributed by atoms with Crippen molar-refractivity contribution < 1.29 is 9.18 Å². The molecule has 0 spiro atoms. The summed E-state index contributed by atoms with van der Waals surface area (Å²) in [5, 5.41) is 0. The minimum Gasteiger partial charge on any atom is -0.384 e. The van der Waals surface area contributed by atoms with Gasteiger partial charge in [-0.15, -0.1) is 0 Å². The lowest BCUT2D eigenvalue weighted by Gasteiger charge is -2.44. The van der Waals surface area contributed by atoms with Crippen LogP contribution in [0.4, 0.5) is 26.4 Å². The van der Waals surface area contributed by atoms with Crippen molar-refractivity contribution in [2.45, 2.75) is 32.4 Å². The molecular formula is C20H24FN5O. The molecule has 0 radical (unpaired) electrons. The van der Waals surface area contributed by atoms with Crippen LogP contribution >= 0.6 is 0 Å². The lowest BCUT2D eigenvalue weighted by Crippen LogP contribution is -2.56. The Morgan fingerprint density at radius 3 is 2.89 bits per heavy atom. The van der Waals surface area contributed by atoms with E-state index in [0.717, 1.165) is 42.7 Å². The van der Waals surface area contributed by atoms with E-state index in [-0.39, 0.29) is 18.6 Å². The van der Waals surface area contributed by atoms with E-state index >= 15 is 0 Å². The molecule has 142 valence electrons. The van der Waals surface area contributed by atoms with Crippen LogP contribution in [0.5, 0.6) is 0 Å². The lowest BCUT2D eigenvalue weighted by atomic mass is 10.0. The zero-order valence-corrected chi connectivity index (χ0v) is 15.7. The number of fused-ring (bicyclic) bond motifs is 1. The average Bonchev–Trinajstić information content (AvgIpc) is 2.62. The standard InChI is InChI=1S/C20H24FN5O/c1-13-5-3-7-16(21)19(13)25-11-14-10-23-18(22)9-17(14)26(20(25)27)15-6-4-8-24(2)12-15/h3,5,7,9-10,15H,4,6,8,11-12H2,1-2H3,(H2,22,23)/t15-/m0/s1. The van der Waals surface area contributed by atoms with E-state index < -0.39 is 5.82 Å². The summed E-state index contributed by atoms with van der Waals surface area (Å²) >= 11 is 0. The van der Waals surface area contributed by atoms with Gasteiger partial charge in [-0.3, -0.25) is 9.80 Å². The summed E-state index contributed by atoms with van der Waals surface area (Å²) in [4.78, 5) is 23.2. The number of nitrogens with zero attached hydrogens (tertiary/aromatic N) is 4. The van der Waals surface area contributed by atoms with Crippen molar-refractivity contribution in [2.75, 3.05) is 35.7 Å². The van der Waals surface area contributed by atoms with E-state index in [2.05, 4.69) is 16.9 Å². The number of halogens is 1. The molecule has 0 saturated carbocycles. The Morgan fingerprint density at radius 2 is 2.15 bits per heavy atom. The molecular weight excluding hydrogens is 345 g/mol. The second-order valence-electron chi connectivity index (χ2n) is 7.44. The normalized spacial score (nSPS) is 20.7. The second-order valence-corrected chi connectivity index (χ2v) is 7.44. The summed E-state index contributed by atoms with van der Waals surface area (Å²) in [5.41, 5.74) is 8.64. The summed E-state index contributed by atoms with van der Waals surface area (Å²) in [6.45, 7) is 3.89. The molecule has 1 aromatic carbocycles. The predicted molar refractivity (Wildman–Crippen MR) is 104 cm³/mol. The number of carbonyl (C=O) groups excluding carboxylic acids is 1. The first kappa shape index (κ1) is 17.7. The number of para-hydroxylation sites is 1. The van der Waals surface area contributed by atoms with Gasteiger partial charge in [-0.25, -0.2) is 14.2 Å². The number of benzene rings is 1. The number of anilines is 3. The highest BCUT2D eigenvalue weighted by Gasteiger charge is 2.38. The van der Waals surface area contributed by atoms with Crippen LogP contribution in [-0.2, 0) is 6.54 Å². The fourth-order valence-electron chi connectivity index (χ4n) is 4.15. The highest BCUT2D eigenvalue weighted by atomic mass is 19.1. The van der Waals surface area contributed by atoms with Crippen molar-refractivity contribution >= 4 is 23.2 Å². The fraction of sp³-hybridized carbons (Fsp3) is 0.400. The molecule has 2 aliphatic heterocycles. The number of nitrogens with two attached hydrogens (primary N) is 1. The third-order valence-corrected chi connectivity index (χ3v) is 5.43. The molecule has 2 N–H and O–H groups in total. The summed E-state index contributed by atoms with van der Waals surface area (Å²) < 4.78 is 14.6. The Morgan fingerprint density at radius 1 is 1.33 bits per heavy atom. The number of nitrogen functional groups attached to an aromatic ring is 1. The van der Waals surface area contributed by atoms with Crippen LogP contribution in [-0.4, -0.2) is 42.1 Å². The molecule has 6 nitrogen and oxygen atoms in total. The first-order valence-corrected chi connectivity index (χ1v) is 9.24. The number of aryl methyl sites for hydroxylation is 1. The van der Waals surface area contributed by atoms with Gasteiger partial charge >= 0.3 is 6.03 Å². The van der Waals surface area contributed by atoms with Crippen molar-refractivity contribution in [1.29, 1.82) is 0 Å². The summed E-state index contributed by atoms with van der Waals surface area (Å²) in [7, 11) is 2.06. The molecule has 2 aliphatic rings. The highest BCUT2D eigenvalue weighted by molar-refractivity contribution is 6.07. The monoisotopic (exact) mass is 369 g/mol. The van der Waals surface area contributed by atoms with Crippen molar-refractivity contribution in [3.05, 3.63) is 47.4 Å². The fourth-order valence-corrected chi connectivity index (χ4v) is 4.15. The molecule has 3 heterocycles. The van der Waals surface area contributed by atoms with Crippen molar-refractivity contribution in [3.8, 4) is 0 Å². The van der Waals surface area contributed by atoms with Crippen LogP contribution in [0.2, 0.25) is 0 Å². The zero-order valence-electron chi connectivity index (χ0n) is 15.7. The number of hydrogen-bond acceptors (Lipinski definition) is 4. The molecule has 2 aromatic rings. The molecule has 0 unspecified atom stereocenters. The van der Waals surface area contributed by atoms with Gasteiger partial charge in [-0.2, -0.15) is 0 Å². The Hall–Kier alpha value is -2.67. The van der Waals surface area contributed by atoms with Gasteiger partial charge in [0.1, 0.15) is 11.6 Å². The number of aromatic nitrogens is 1. The van der Waals surface area contributed by atoms with Crippen molar-refractivity contribution in [1.82, 2.24) is 9.88 Å². The van der Waals surface area contributed by atoms with E-state index in [1.165, 1.54) is 11.0 Å². The summed E-state index contributed by atoms with van der Waals surface area (Å²) in [5.74, 6) is -0.0119. The molecule has 27 heavy (non-hydrogen) atoms. The van der Waals surface area contributed by atoms with Crippen LogP contribution in [0.1, 0.15) is 24.0 Å². The van der Waals surface area contributed by atoms with Gasteiger partial charge in [0.2, 0.25) is 0 Å². The van der Waals surface area contributed by atoms with Crippen LogP contribution in [0.3, 0.4) is 0 Å². The predicted octanol–water partition coefficient (Wildman–Crippen LogP) is 3.15. The topological polar surface area (TPSA) is 65.7 Å². The molecule has 7 heteroatoms. The molecule has 1 fully saturated rings. The third kappa shape index (κ3) is 3.12. The van der Waals surface area contributed by atoms with Crippen LogP contribution < -0.4 is 15.5 Å². The van der Waals surface area contributed by atoms with E-state index in [4.69, 9.17) is 5.73 Å². The zero-order chi connectivity index (χ0) is 19.1. The maximum absolute atomic E-state index is 14.6. The minimum atomic E-state index is -0.393. The Labute approximate surface area is 158 Å². The SMILES string of the molecule is Cc1cccc(F)c1N1Cc2cnc(N)cc2N([C@H]2CCCN(C)C2)C1=O. The maximum Gasteiger partial charge on any atom is 0.329 e. The highest BCUT2D eigenvalue weighted by Crippen LogP contribution is 2.37. The molecule has 4 rings (SSSR count). The smallest absolute Gasteiger partial charge is 0.329 e.